The van der Waals surface area contributed by atoms with Crippen LogP contribution in [-0.4, -0.2) is 12.5 Å². The first-order valence-corrected chi connectivity index (χ1v) is 6.67. The number of carbonyl (C=O) groups is 1. The van der Waals surface area contributed by atoms with E-state index in [4.69, 9.17) is 22.1 Å². The summed E-state index contributed by atoms with van der Waals surface area (Å²) in [5.74, 6) is -0.583. The molecular weight excluding hydrogens is 295 g/mol. The molecule has 0 heterocycles. The highest BCUT2D eigenvalue weighted by molar-refractivity contribution is 6.31. The van der Waals surface area contributed by atoms with E-state index in [0.717, 1.165) is 12.1 Å². The molecule has 0 radical (unpaired) electrons. The largest absolute Gasteiger partial charge is 0.492 e. The van der Waals surface area contributed by atoms with Crippen molar-refractivity contribution in [3.63, 3.8) is 0 Å². The summed E-state index contributed by atoms with van der Waals surface area (Å²) in [7, 11) is 0. The number of ether oxygens (including phenoxy) is 1. The number of amides is 1. The standard InChI is InChI=1S/C15H14ClFN2O2/c1-2-21-14-4-3-10(16)7-13(14)19-15(20)9-5-11(17)8-12(18)6-9/h3-8H,2,18H2,1H3,(H,19,20). The van der Waals surface area contributed by atoms with Crippen LogP contribution in [0.1, 0.15) is 17.3 Å². The summed E-state index contributed by atoms with van der Waals surface area (Å²) in [5.41, 5.74) is 6.24. The number of nitrogens with one attached hydrogen (secondary N) is 1. The van der Waals surface area contributed by atoms with Crippen molar-refractivity contribution in [1.82, 2.24) is 0 Å². The van der Waals surface area contributed by atoms with Gasteiger partial charge in [0.25, 0.3) is 5.91 Å². The topological polar surface area (TPSA) is 64.3 Å². The van der Waals surface area contributed by atoms with Gasteiger partial charge in [-0.15, -0.1) is 0 Å². The molecule has 21 heavy (non-hydrogen) atoms. The number of hydrogen-bond donors (Lipinski definition) is 2. The van der Waals surface area contributed by atoms with Crippen LogP contribution in [0.4, 0.5) is 15.8 Å². The molecule has 6 heteroatoms. The van der Waals surface area contributed by atoms with E-state index in [0.29, 0.717) is 23.1 Å². The van der Waals surface area contributed by atoms with E-state index in [1.165, 1.54) is 6.07 Å². The fraction of sp³-hybridized carbons (Fsp3) is 0.133. The molecule has 2 aromatic carbocycles. The number of halogens is 2. The van der Waals surface area contributed by atoms with Crippen molar-refractivity contribution < 1.29 is 13.9 Å². The van der Waals surface area contributed by atoms with Gasteiger partial charge in [-0.1, -0.05) is 11.6 Å². The Balaban J connectivity index is 2.28. The number of benzene rings is 2. The number of anilines is 2. The monoisotopic (exact) mass is 308 g/mol. The Labute approximate surface area is 126 Å². The van der Waals surface area contributed by atoms with Crippen LogP contribution in [0, 0.1) is 5.82 Å². The molecule has 110 valence electrons. The van der Waals surface area contributed by atoms with Crippen LogP contribution in [-0.2, 0) is 0 Å². The van der Waals surface area contributed by atoms with Gasteiger partial charge in [-0.2, -0.15) is 0 Å². The van der Waals surface area contributed by atoms with Crippen molar-refractivity contribution in [2.24, 2.45) is 0 Å². The maximum atomic E-state index is 13.3. The number of nitrogens with two attached hydrogens (primary N) is 1. The van der Waals surface area contributed by atoms with Gasteiger partial charge in [0.05, 0.1) is 12.3 Å². The van der Waals surface area contributed by atoms with Crippen molar-refractivity contribution in [2.75, 3.05) is 17.7 Å². The van der Waals surface area contributed by atoms with Crippen LogP contribution in [0.3, 0.4) is 0 Å². The van der Waals surface area contributed by atoms with E-state index in [-0.39, 0.29) is 11.3 Å². The molecule has 0 aliphatic rings. The molecule has 3 N–H and O–H groups in total. The molecule has 0 bridgehead atoms. The number of nitrogen functional groups attached to an aromatic ring is 1. The van der Waals surface area contributed by atoms with E-state index in [9.17, 15) is 9.18 Å². The van der Waals surface area contributed by atoms with Gasteiger partial charge in [0.1, 0.15) is 11.6 Å². The van der Waals surface area contributed by atoms with Gasteiger partial charge < -0.3 is 15.8 Å². The van der Waals surface area contributed by atoms with Crippen LogP contribution in [0.2, 0.25) is 5.02 Å². The quantitative estimate of drug-likeness (QED) is 0.846. The Morgan fingerprint density at radius 1 is 1.33 bits per heavy atom. The molecule has 0 aliphatic heterocycles. The summed E-state index contributed by atoms with van der Waals surface area (Å²) in [4.78, 5) is 12.2. The zero-order chi connectivity index (χ0) is 15.4. The van der Waals surface area contributed by atoms with Crippen molar-refractivity contribution >= 4 is 28.9 Å². The number of hydrogen-bond acceptors (Lipinski definition) is 3. The van der Waals surface area contributed by atoms with Crippen LogP contribution >= 0.6 is 11.6 Å². The van der Waals surface area contributed by atoms with E-state index in [1.807, 2.05) is 6.92 Å². The van der Waals surface area contributed by atoms with Crippen molar-refractivity contribution in [3.8, 4) is 5.75 Å². The molecule has 1 amide bonds. The number of carbonyl (C=O) groups excluding carboxylic acids is 1. The first-order valence-electron chi connectivity index (χ1n) is 6.29. The summed E-state index contributed by atoms with van der Waals surface area (Å²) in [6.07, 6.45) is 0. The van der Waals surface area contributed by atoms with E-state index < -0.39 is 11.7 Å². The minimum Gasteiger partial charge on any atom is -0.492 e. The average Bonchev–Trinajstić information content (AvgIpc) is 2.41. The normalized spacial score (nSPS) is 10.2. The molecule has 2 rings (SSSR count). The molecule has 0 atom stereocenters. The fourth-order valence-corrected chi connectivity index (χ4v) is 1.99. The molecule has 4 nitrogen and oxygen atoms in total. The zero-order valence-electron chi connectivity index (χ0n) is 11.3. The van der Waals surface area contributed by atoms with Gasteiger partial charge in [-0.05, 0) is 43.3 Å². The molecule has 0 saturated carbocycles. The summed E-state index contributed by atoms with van der Waals surface area (Å²) in [6, 6.07) is 8.51. The minimum atomic E-state index is -0.573. The van der Waals surface area contributed by atoms with Gasteiger partial charge in [-0.25, -0.2) is 4.39 Å². The second kappa shape index (κ2) is 6.45. The van der Waals surface area contributed by atoms with Gasteiger partial charge in [0, 0.05) is 16.3 Å². The molecule has 0 spiro atoms. The van der Waals surface area contributed by atoms with Crippen LogP contribution < -0.4 is 15.8 Å². The Bertz CT molecular complexity index is 656. The zero-order valence-corrected chi connectivity index (χ0v) is 12.1. The lowest BCUT2D eigenvalue weighted by atomic mass is 10.1. The molecule has 2 aromatic rings. The lowest BCUT2D eigenvalue weighted by Crippen LogP contribution is -2.13. The predicted octanol–water partition coefficient (Wildman–Crippen LogP) is 3.71. The van der Waals surface area contributed by atoms with Gasteiger partial charge in [-0.3, -0.25) is 4.79 Å². The number of rotatable bonds is 4. The lowest BCUT2D eigenvalue weighted by Gasteiger charge is -2.12. The molecule has 0 unspecified atom stereocenters. The van der Waals surface area contributed by atoms with Crippen molar-refractivity contribution in [2.45, 2.75) is 6.92 Å². The Morgan fingerprint density at radius 3 is 2.76 bits per heavy atom. The van der Waals surface area contributed by atoms with Gasteiger partial charge >= 0.3 is 0 Å². The molecule has 0 saturated heterocycles. The summed E-state index contributed by atoms with van der Waals surface area (Å²) in [6.45, 7) is 2.27. The first kappa shape index (κ1) is 15.1. The Hall–Kier alpha value is -2.27. The first-order chi connectivity index (χ1) is 9.99. The van der Waals surface area contributed by atoms with Crippen molar-refractivity contribution in [1.29, 1.82) is 0 Å². The smallest absolute Gasteiger partial charge is 0.255 e. The molecular formula is C15H14ClFN2O2. The van der Waals surface area contributed by atoms with Crippen LogP contribution in [0.25, 0.3) is 0 Å². The summed E-state index contributed by atoms with van der Waals surface area (Å²) in [5, 5.41) is 3.09. The third-order valence-electron chi connectivity index (χ3n) is 2.67. The second-order valence-electron chi connectivity index (χ2n) is 4.30. The van der Waals surface area contributed by atoms with Gasteiger partial charge in [0.2, 0.25) is 0 Å². The van der Waals surface area contributed by atoms with Crippen molar-refractivity contribution in [3.05, 3.63) is 52.8 Å². The highest BCUT2D eigenvalue weighted by Crippen LogP contribution is 2.28. The van der Waals surface area contributed by atoms with E-state index in [2.05, 4.69) is 5.32 Å². The molecule has 0 aliphatic carbocycles. The highest BCUT2D eigenvalue weighted by Gasteiger charge is 2.12. The summed E-state index contributed by atoms with van der Waals surface area (Å²) < 4.78 is 18.7. The average molecular weight is 309 g/mol. The third kappa shape index (κ3) is 3.86. The Morgan fingerprint density at radius 2 is 2.10 bits per heavy atom. The van der Waals surface area contributed by atoms with E-state index >= 15 is 0 Å². The molecule has 0 fully saturated rings. The van der Waals surface area contributed by atoms with Gasteiger partial charge in [0.15, 0.2) is 0 Å². The highest BCUT2D eigenvalue weighted by atomic mass is 35.5. The molecule has 0 aromatic heterocycles. The second-order valence-corrected chi connectivity index (χ2v) is 4.74. The van der Waals surface area contributed by atoms with E-state index in [1.54, 1.807) is 18.2 Å². The maximum Gasteiger partial charge on any atom is 0.255 e. The van der Waals surface area contributed by atoms with Crippen LogP contribution in [0.15, 0.2) is 36.4 Å². The predicted molar refractivity (Wildman–Crippen MR) is 81.4 cm³/mol. The minimum absolute atomic E-state index is 0.120. The SMILES string of the molecule is CCOc1ccc(Cl)cc1NC(=O)c1cc(N)cc(F)c1. The fourth-order valence-electron chi connectivity index (χ4n) is 1.82. The lowest BCUT2D eigenvalue weighted by molar-refractivity contribution is 0.102. The van der Waals surface area contributed by atoms with Crippen LogP contribution in [0.5, 0.6) is 5.75 Å². The third-order valence-corrected chi connectivity index (χ3v) is 2.91. The maximum absolute atomic E-state index is 13.3. The summed E-state index contributed by atoms with van der Waals surface area (Å²) >= 11 is 5.91. The Kier molecular flexibility index (Phi) is 4.65.